The van der Waals surface area contributed by atoms with E-state index in [-0.39, 0.29) is 18.9 Å². The summed E-state index contributed by atoms with van der Waals surface area (Å²) < 4.78 is 27.9. The first-order chi connectivity index (χ1) is 16.7. The van der Waals surface area contributed by atoms with E-state index in [1.165, 1.54) is 7.05 Å². The van der Waals surface area contributed by atoms with Gasteiger partial charge in [0, 0.05) is 47.8 Å². The molecular formula is C25H25ClN4O4S. The van der Waals surface area contributed by atoms with Gasteiger partial charge in [0.1, 0.15) is 0 Å². The number of pyridine rings is 1. The number of rotatable bonds is 7. The highest BCUT2D eigenvalue weighted by molar-refractivity contribution is 7.90. The topological polar surface area (TPSA) is 92.6 Å². The lowest BCUT2D eigenvalue weighted by Crippen LogP contribution is -2.36. The zero-order chi connectivity index (χ0) is 24.5. The van der Waals surface area contributed by atoms with E-state index in [1.807, 2.05) is 28.8 Å². The molecule has 1 aliphatic heterocycles. The minimum Gasteiger partial charge on any atom is -0.342 e. The van der Waals surface area contributed by atoms with Crippen molar-refractivity contribution in [3.8, 4) is 0 Å². The molecule has 3 heterocycles. The Bertz CT molecular complexity index is 1490. The minimum atomic E-state index is -3.58. The Labute approximate surface area is 208 Å². The van der Waals surface area contributed by atoms with Crippen LogP contribution in [-0.2, 0) is 38.1 Å². The molecule has 2 aromatic heterocycles. The van der Waals surface area contributed by atoms with Gasteiger partial charge in [-0.25, -0.2) is 12.7 Å². The summed E-state index contributed by atoms with van der Waals surface area (Å²) >= 11 is 6.23. The van der Waals surface area contributed by atoms with Gasteiger partial charge in [-0.1, -0.05) is 11.6 Å². The van der Waals surface area contributed by atoms with Crippen molar-refractivity contribution in [2.75, 3.05) is 11.9 Å². The lowest BCUT2D eigenvalue weighted by molar-refractivity contribution is -0.126. The number of hydrogen-bond donors (Lipinski definition) is 0. The Kier molecular flexibility index (Phi) is 5.02. The van der Waals surface area contributed by atoms with Gasteiger partial charge in [0.25, 0.3) is 0 Å². The molecule has 2 aliphatic carbocycles. The number of halogens is 1. The summed E-state index contributed by atoms with van der Waals surface area (Å²) in [5.41, 5.74) is 3.17. The van der Waals surface area contributed by atoms with Crippen LogP contribution in [0.2, 0.25) is 5.02 Å². The fraction of sp³-hybridized carbons (Fsp3) is 0.400. The van der Waals surface area contributed by atoms with Crippen LogP contribution in [-0.4, -0.2) is 46.4 Å². The minimum absolute atomic E-state index is 0.0257. The molecule has 0 saturated heterocycles. The van der Waals surface area contributed by atoms with Crippen LogP contribution in [0.1, 0.15) is 43.4 Å². The quantitative estimate of drug-likeness (QED) is 0.482. The number of carbonyl (C=O) groups is 2. The van der Waals surface area contributed by atoms with E-state index in [0.29, 0.717) is 24.4 Å². The maximum absolute atomic E-state index is 13.4. The third-order valence-electron chi connectivity index (χ3n) is 7.51. The number of anilines is 1. The number of hydrogen-bond acceptors (Lipinski definition) is 5. The molecule has 0 atom stereocenters. The van der Waals surface area contributed by atoms with Gasteiger partial charge >= 0.3 is 0 Å². The van der Waals surface area contributed by atoms with Crippen molar-refractivity contribution in [1.82, 2.24) is 13.9 Å². The third kappa shape index (κ3) is 3.55. The highest BCUT2D eigenvalue weighted by atomic mass is 35.5. The maximum atomic E-state index is 13.4. The zero-order valence-corrected chi connectivity index (χ0v) is 20.8. The predicted molar refractivity (Wildman–Crippen MR) is 133 cm³/mol. The second-order valence-corrected chi connectivity index (χ2v) is 12.4. The van der Waals surface area contributed by atoms with Gasteiger partial charge in [0.15, 0.2) is 0 Å². The molecule has 3 aliphatic rings. The number of benzene rings is 1. The summed E-state index contributed by atoms with van der Waals surface area (Å²) in [5.74, 6) is -0.357. The van der Waals surface area contributed by atoms with E-state index in [1.54, 1.807) is 23.4 Å². The van der Waals surface area contributed by atoms with Gasteiger partial charge < -0.3 is 9.47 Å². The third-order valence-corrected chi connectivity index (χ3v) is 10.0. The average Bonchev–Trinajstić information content (AvgIpc) is 3.76. The number of carbonyl (C=O) groups excluding carboxylic acids is 2. The molecule has 2 saturated carbocycles. The molecule has 1 spiro atoms. The van der Waals surface area contributed by atoms with Crippen LogP contribution in [0.3, 0.4) is 0 Å². The van der Waals surface area contributed by atoms with Gasteiger partial charge in [-0.15, -0.1) is 0 Å². The molecule has 35 heavy (non-hydrogen) atoms. The fourth-order valence-electron chi connectivity index (χ4n) is 5.21. The molecule has 10 heteroatoms. The number of aryl methyl sites for hydroxylation is 1. The van der Waals surface area contributed by atoms with Gasteiger partial charge in [0.05, 0.1) is 29.1 Å². The van der Waals surface area contributed by atoms with Crippen molar-refractivity contribution in [2.24, 2.45) is 0 Å². The van der Waals surface area contributed by atoms with Crippen LogP contribution in [0, 0.1) is 0 Å². The summed E-state index contributed by atoms with van der Waals surface area (Å²) in [5, 5.41) is 1.06. The molecule has 2 amide bonds. The van der Waals surface area contributed by atoms with Gasteiger partial charge in [0.2, 0.25) is 21.8 Å². The van der Waals surface area contributed by atoms with E-state index >= 15 is 0 Å². The van der Waals surface area contributed by atoms with Gasteiger partial charge in [-0.3, -0.25) is 14.6 Å². The first kappa shape index (κ1) is 22.5. The predicted octanol–water partition coefficient (Wildman–Crippen LogP) is 3.61. The van der Waals surface area contributed by atoms with E-state index in [2.05, 4.69) is 4.98 Å². The monoisotopic (exact) mass is 512 g/mol. The van der Waals surface area contributed by atoms with E-state index in [0.717, 1.165) is 45.0 Å². The molecule has 3 aromatic rings. The summed E-state index contributed by atoms with van der Waals surface area (Å²) in [7, 11) is -2.24. The Balaban J connectivity index is 1.31. The maximum Gasteiger partial charge on any atom is 0.239 e. The SMILES string of the molecule is CN(C(=O)CCn1c(CN2C(=O)C3(CC3)c3ccncc32)cc2cc(Cl)ccc21)S(=O)(=O)C1CC1. The number of nitrogens with zero attached hydrogens (tertiary/aromatic N) is 4. The van der Waals surface area contributed by atoms with Crippen molar-refractivity contribution in [2.45, 2.75) is 55.9 Å². The summed E-state index contributed by atoms with van der Waals surface area (Å²) in [6.45, 7) is 0.618. The molecule has 1 aromatic carbocycles. The lowest BCUT2D eigenvalue weighted by Gasteiger charge is -2.21. The Morgan fingerprint density at radius 3 is 2.71 bits per heavy atom. The van der Waals surface area contributed by atoms with Crippen molar-refractivity contribution in [3.05, 3.63) is 59.0 Å². The number of aromatic nitrogens is 2. The molecule has 182 valence electrons. The summed E-state index contributed by atoms with van der Waals surface area (Å²) in [4.78, 5) is 32.3. The lowest BCUT2D eigenvalue weighted by atomic mass is 9.99. The first-order valence-electron chi connectivity index (χ1n) is 11.8. The largest absolute Gasteiger partial charge is 0.342 e. The van der Waals surface area contributed by atoms with Crippen molar-refractivity contribution < 1.29 is 18.0 Å². The zero-order valence-electron chi connectivity index (χ0n) is 19.3. The molecule has 2 fully saturated rings. The highest BCUT2D eigenvalue weighted by Gasteiger charge is 2.59. The Morgan fingerprint density at radius 2 is 2.00 bits per heavy atom. The van der Waals surface area contributed by atoms with Crippen molar-refractivity contribution in [3.63, 3.8) is 0 Å². The second kappa shape index (κ2) is 7.80. The Hall–Kier alpha value is -2.91. The number of sulfonamides is 1. The summed E-state index contributed by atoms with van der Waals surface area (Å²) in [6.07, 6.45) is 6.39. The molecule has 6 rings (SSSR count). The number of amides is 2. The van der Waals surface area contributed by atoms with Crippen LogP contribution in [0.15, 0.2) is 42.7 Å². The molecule has 0 unspecified atom stereocenters. The van der Waals surface area contributed by atoms with Crippen molar-refractivity contribution in [1.29, 1.82) is 0 Å². The van der Waals surface area contributed by atoms with Crippen LogP contribution in [0.25, 0.3) is 10.9 Å². The second-order valence-electron chi connectivity index (χ2n) is 9.71. The normalized spacial score (nSPS) is 18.3. The van der Waals surface area contributed by atoms with E-state index < -0.39 is 26.6 Å². The molecule has 0 radical (unpaired) electrons. The molecule has 0 bridgehead atoms. The smallest absolute Gasteiger partial charge is 0.239 e. The molecule has 0 N–H and O–H groups in total. The number of fused-ring (bicyclic) bond motifs is 3. The van der Waals surface area contributed by atoms with Gasteiger partial charge in [-0.05, 0) is 61.6 Å². The van der Waals surface area contributed by atoms with Crippen LogP contribution < -0.4 is 4.90 Å². The van der Waals surface area contributed by atoms with E-state index in [4.69, 9.17) is 11.6 Å². The van der Waals surface area contributed by atoms with Crippen LogP contribution >= 0.6 is 11.6 Å². The average molecular weight is 513 g/mol. The van der Waals surface area contributed by atoms with Crippen LogP contribution in [0.4, 0.5) is 5.69 Å². The molecule has 8 nitrogen and oxygen atoms in total. The standard InChI is InChI=1S/C25H25ClN4O4S/c1-28(35(33,34)19-3-4-19)23(31)7-11-29-18(13-16-12-17(26)2-5-21(16)29)15-30-22-14-27-10-6-20(22)25(8-9-25)24(30)32/h2,5-6,10,12-14,19H,3-4,7-9,11,15H2,1H3. The first-order valence-corrected chi connectivity index (χ1v) is 13.7. The van der Waals surface area contributed by atoms with Gasteiger partial charge in [-0.2, -0.15) is 0 Å². The molecular weight excluding hydrogens is 488 g/mol. The Morgan fingerprint density at radius 1 is 1.23 bits per heavy atom. The van der Waals surface area contributed by atoms with Crippen molar-refractivity contribution >= 4 is 50.0 Å². The summed E-state index contributed by atoms with van der Waals surface area (Å²) in [6, 6.07) is 9.45. The van der Waals surface area contributed by atoms with Crippen LogP contribution in [0.5, 0.6) is 0 Å². The highest BCUT2D eigenvalue weighted by Crippen LogP contribution is 2.57. The fourth-order valence-corrected chi connectivity index (χ4v) is 6.94. The van der Waals surface area contributed by atoms with E-state index in [9.17, 15) is 18.0 Å².